The SMILES string of the molecule is CCOC(=O)CN1CCN(N(C(=O)N2CCCCC2)c2cccnc2)C(Cc2ccccc2)C1. The summed E-state index contributed by atoms with van der Waals surface area (Å²) >= 11 is 0. The van der Waals surface area contributed by atoms with E-state index >= 15 is 0 Å². The van der Waals surface area contributed by atoms with Gasteiger partial charge in [0, 0.05) is 45.0 Å². The largest absolute Gasteiger partial charge is 0.465 e. The van der Waals surface area contributed by atoms with Gasteiger partial charge in [0.05, 0.1) is 25.0 Å². The molecule has 0 spiro atoms. The fourth-order valence-corrected chi connectivity index (χ4v) is 4.83. The minimum Gasteiger partial charge on any atom is -0.465 e. The second-order valence-electron chi connectivity index (χ2n) is 8.90. The van der Waals surface area contributed by atoms with Crippen LogP contribution in [0.2, 0.25) is 0 Å². The average Bonchev–Trinajstić information content (AvgIpc) is 2.87. The van der Waals surface area contributed by atoms with E-state index in [1.54, 1.807) is 12.4 Å². The number of hydrogen-bond donors (Lipinski definition) is 0. The molecule has 3 heterocycles. The first-order valence-corrected chi connectivity index (χ1v) is 12.3. The third-order valence-corrected chi connectivity index (χ3v) is 6.46. The molecule has 2 amide bonds. The summed E-state index contributed by atoms with van der Waals surface area (Å²) in [5.74, 6) is -0.206. The van der Waals surface area contributed by atoms with Gasteiger partial charge in [0.1, 0.15) is 0 Å². The number of carbonyl (C=O) groups excluding carboxylic acids is 2. The Balaban J connectivity index is 1.61. The highest BCUT2D eigenvalue weighted by atomic mass is 16.5. The standard InChI is InChI=1S/C26H35N5O3/c1-2-34-25(32)21-28-16-17-30(24(20-28)18-22-10-5-3-6-11-22)31(23-12-9-13-27-19-23)26(33)29-14-7-4-8-15-29/h3,5-6,9-13,19,24H,2,4,7-8,14-18,20-21H2,1H3. The second-order valence-corrected chi connectivity index (χ2v) is 8.90. The summed E-state index contributed by atoms with van der Waals surface area (Å²) in [7, 11) is 0. The maximum atomic E-state index is 13.8. The number of carbonyl (C=O) groups is 2. The maximum absolute atomic E-state index is 13.8. The molecule has 0 aliphatic carbocycles. The zero-order valence-electron chi connectivity index (χ0n) is 20.0. The maximum Gasteiger partial charge on any atom is 0.339 e. The number of piperazine rings is 1. The Kier molecular flexibility index (Phi) is 8.49. The Morgan fingerprint density at radius 2 is 1.82 bits per heavy atom. The zero-order valence-corrected chi connectivity index (χ0v) is 20.0. The number of esters is 1. The summed E-state index contributed by atoms with van der Waals surface area (Å²) in [4.78, 5) is 34.4. The number of anilines is 1. The summed E-state index contributed by atoms with van der Waals surface area (Å²) in [5, 5.41) is 4.01. The highest BCUT2D eigenvalue weighted by Crippen LogP contribution is 2.25. The van der Waals surface area contributed by atoms with Crippen LogP contribution in [0.15, 0.2) is 54.9 Å². The molecule has 2 aromatic rings. The van der Waals surface area contributed by atoms with Gasteiger partial charge in [-0.05, 0) is 50.3 Å². The summed E-state index contributed by atoms with van der Waals surface area (Å²) < 4.78 is 5.19. The highest BCUT2D eigenvalue weighted by Gasteiger charge is 2.37. The van der Waals surface area contributed by atoms with E-state index in [4.69, 9.17) is 4.74 Å². The predicted octanol–water partition coefficient (Wildman–Crippen LogP) is 3.20. The lowest BCUT2D eigenvalue weighted by atomic mass is 10.0. The minimum atomic E-state index is -0.206. The molecule has 1 aromatic carbocycles. The van der Waals surface area contributed by atoms with Crippen LogP contribution < -0.4 is 5.01 Å². The first-order chi connectivity index (χ1) is 16.7. The minimum absolute atomic E-state index is 0.00426. The van der Waals surface area contributed by atoms with E-state index in [2.05, 4.69) is 27.0 Å². The van der Waals surface area contributed by atoms with Gasteiger partial charge in [-0.3, -0.25) is 14.7 Å². The fourth-order valence-electron chi connectivity index (χ4n) is 4.83. The molecule has 1 aromatic heterocycles. The molecule has 0 bridgehead atoms. The van der Waals surface area contributed by atoms with Gasteiger partial charge in [0.2, 0.25) is 0 Å². The van der Waals surface area contributed by atoms with E-state index < -0.39 is 0 Å². The Hall–Kier alpha value is -2.97. The van der Waals surface area contributed by atoms with Crippen LogP contribution in [0.4, 0.5) is 10.5 Å². The molecule has 8 nitrogen and oxygen atoms in total. The zero-order chi connectivity index (χ0) is 23.8. The average molecular weight is 466 g/mol. The number of amides is 2. The van der Waals surface area contributed by atoms with E-state index in [0.717, 1.165) is 38.0 Å². The molecule has 4 rings (SSSR count). The number of piperidine rings is 1. The van der Waals surface area contributed by atoms with Crippen LogP contribution >= 0.6 is 0 Å². The van der Waals surface area contributed by atoms with Crippen molar-refractivity contribution in [3.05, 3.63) is 60.4 Å². The molecule has 34 heavy (non-hydrogen) atoms. The molecule has 0 radical (unpaired) electrons. The van der Waals surface area contributed by atoms with E-state index in [9.17, 15) is 9.59 Å². The summed E-state index contributed by atoms with van der Waals surface area (Å²) in [6.07, 6.45) is 7.49. The summed E-state index contributed by atoms with van der Waals surface area (Å²) in [6.45, 7) is 6.00. The molecule has 1 atom stereocenters. The van der Waals surface area contributed by atoms with Crippen molar-refractivity contribution in [2.45, 2.75) is 38.6 Å². The van der Waals surface area contributed by atoms with Crippen LogP contribution in [-0.2, 0) is 16.0 Å². The molecule has 8 heteroatoms. The van der Waals surface area contributed by atoms with Gasteiger partial charge in [0.25, 0.3) is 0 Å². The Morgan fingerprint density at radius 1 is 1.03 bits per heavy atom. The van der Waals surface area contributed by atoms with Crippen molar-refractivity contribution in [2.75, 3.05) is 50.9 Å². The number of ether oxygens (including phenoxy) is 1. The smallest absolute Gasteiger partial charge is 0.339 e. The van der Waals surface area contributed by atoms with Gasteiger partial charge < -0.3 is 9.64 Å². The van der Waals surface area contributed by atoms with Gasteiger partial charge >= 0.3 is 12.0 Å². The van der Waals surface area contributed by atoms with Crippen molar-refractivity contribution < 1.29 is 14.3 Å². The molecule has 2 aliphatic rings. The quantitative estimate of drug-likeness (QED) is 0.585. The van der Waals surface area contributed by atoms with Crippen LogP contribution in [0.3, 0.4) is 0 Å². The van der Waals surface area contributed by atoms with E-state index in [-0.39, 0.29) is 24.6 Å². The Bertz CT molecular complexity index is 921. The fraction of sp³-hybridized carbons (Fsp3) is 0.500. The lowest BCUT2D eigenvalue weighted by molar-refractivity contribution is -0.145. The Labute approximate surface area is 202 Å². The number of rotatable bonds is 7. The van der Waals surface area contributed by atoms with E-state index in [1.165, 1.54) is 12.0 Å². The normalized spacial score (nSPS) is 19.6. The molecule has 182 valence electrons. The van der Waals surface area contributed by atoms with Gasteiger partial charge in [-0.25, -0.2) is 14.8 Å². The van der Waals surface area contributed by atoms with Gasteiger partial charge in [-0.15, -0.1) is 0 Å². The number of pyridine rings is 1. The molecule has 0 N–H and O–H groups in total. The third kappa shape index (κ3) is 6.12. The first-order valence-electron chi connectivity index (χ1n) is 12.3. The second kappa shape index (κ2) is 11.9. The number of hydrogen-bond acceptors (Lipinski definition) is 6. The molecule has 1 unspecified atom stereocenters. The number of hydrazine groups is 1. The first kappa shape index (κ1) is 24.2. The number of benzene rings is 1. The van der Waals surface area contributed by atoms with Crippen LogP contribution in [0.5, 0.6) is 0 Å². The predicted molar refractivity (Wildman–Crippen MR) is 131 cm³/mol. The van der Waals surface area contributed by atoms with E-state index in [1.807, 2.05) is 47.2 Å². The summed E-state index contributed by atoms with van der Waals surface area (Å²) in [6, 6.07) is 14.1. The van der Waals surface area contributed by atoms with Crippen molar-refractivity contribution in [3.63, 3.8) is 0 Å². The van der Waals surface area contributed by atoms with Crippen molar-refractivity contribution in [1.29, 1.82) is 0 Å². The molecular weight excluding hydrogens is 430 g/mol. The number of urea groups is 1. The molecule has 0 saturated carbocycles. The van der Waals surface area contributed by atoms with Gasteiger partial charge in [-0.1, -0.05) is 30.3 Å². The lowest BCUT2D eigenvalue weighted by Gasteiger charge is -2.47. The third-order valence-electron chi connectivity index (χ3n) is 6.46. The summed E-state index contributed by atoms with van der Waals surface area (Å²) in [5.41, 5.74) is 1.97. The van der Waals surface area contributed by atoms with Crippen molar-refractivity contribution in [3.8, 4) is 0 Å². The topological polar surface area (TPSA) is 69.2 Å². The van der Waals surface area contributed by atoms with Crippen LogP contribution in [0, 0.1) is 0 Å². The van der Waals surface area contributed by atoms with Crippen molar-refractivity contribution >= 4 is 17.7 Å². The molecule has 2 fully saturated rings. The lowest BCUT2D eigenvalue weighted by Crippen LogP contribution is -2.64. The molecule has 2 aliphatic heterocycles. The van der Waals surface area contributed by atoms with Crippen molar-refractivity contribution in [2.24, 2.45) is 0 Å². The van der Waals surface area contributed by atoms with Crippen molar-refractivity contribution in [1.82, 2.24) is 19.8 Å². The van der Waals surface area contributed by atoms with E-state index in [0.29, 0.717) is 26.2 Å². The number of nitrogens with zero attached hydrogens (tertiary/aromatic N) is 5. The van der Waals surface area contributed by atoms with Crippen LogP contribution in [0.25, 0.3) is 0 Å². The highest BCUT2D eigenvalue weighted by molar-refractivity contribution is 5.91. The number of likely N-dealkylation sites (tertiary alicyclic amines) is 1. The monoisotopic (exact) mass is 465 g/mol. The van der Waals surface area contributed by atoms with Crippen LogP contribution in [-0.4, -0.2) is 83.7 Å². The number of aromatic nitrogens is 1. The van der Waals surface area contributed by atoms with Gasteiger partial charge in [-0.2, -0.15) is 0 Å². The van der Waals surface area contributed by atoms with Gasteiger partial charge in [0.15, 0.2) is 0 Å². The Morgan fingerprint density at radius 3 is 2.53 bits per heavy atom. The van der Waals surface area contributed by atoms with Crippen LogP contribution in [0.1, 0.15) is 31.7 Å². The molecular formula is C26H35N5O3. The molecule has 2 saturated heterocycles.